The van der Waals surface area contributed by atoms with E-state index in [1.165, 1.54) is 0 Å². The average Bonchev–Trinajstić information content (AvgIpc) is 2.34. The summed E-state index contributed by atoms with van der Waals surface area (Å²) in [6.45, 7) is 7.54. The van der Waals surface area contributed by atoms with E-state index in [4.69, 9.17) is 10.5 Å². The fourth-order valence-electron chi connectivity index (χ4n) is 1.78. The van der Waals surface area contributed by atoms with Crippen LogP contribution in [0.1, 0.15) is 31.5 Å². The lowest BCUT2D eigenvalue weighted by Crippen LogP contribution is -2.30. The first-order valence-corrected chi connectivity index (χ1v) is 6.08. The van der Waals surface area contributed by atoms with Gasteiger partial charge in [0.1, 0.15) is 11.9 Å². The van der Waals surface area contributed by atoms with Crippen molar-refractivity contribution in [3.63, 3.8) is 0 Å². The van der Waals surface area contributed by atoms with Gasteiger partial charge in [0.2, 0.25) is 0 Å². The summed E-state index contributed by atoms with van der Waals surface area (Å²) in [7, 11) is 0. The standard InChI is InChI=1S/C14H18N4/c1-11(2)10-18(8-4-7-15)14-13(9-16)6-5-12(3)17-14/h5-6,11H,4,8,10H2,1-3H3. The largest absolute Gasteiger partial charge is 0.354 e. The summed E-state index contributed by atoms with van der Waals surface area (Å²) in [5.74, 6) is 1.15. The molecule has 0 atom stereocenters. The minimum Gasteiger partial charge on any atom is -0.354 e. The maximum Gasteiger partial charge on any atom is 0.146 e. The van der Waals surface area contributed by atoms with E-state index in [0.717, 1.165) is 12.2 Å². The zero-order valence-corrected chi connectivity index (χ0v) is 11.1. The van der Waals surface area contributed by atoms with Crippen LogP contribution >= 0.6 is 0 Å². The van der Waals surface area contributed by atoms with Crippen molar-refractivity contribution in [2.24, 2.45) is 5.92 Å². The fourth-order valence-corrected chi connectivity index (χ4v) is 1.78. The van der Waals surface area contributed by atoms with Crippen molar-refractivity contribution in [3.8, 4) is 12.1 Å². The first kappa shape index (κ1) is 14.0. The molecular formula is C14H18N4. The normalized spacial score (nSPS) is 9.89. The van der Waals surface area contributed by atoms with Crippen molar-refractivity contribution >= 4 is 5.82 Å². The molecule has 0 unspecified atom stereocenters. The first-order chi connectivity index (χ1) is 8.58. The molecule has 4 heteroatoms. The van der Waals surface area contributed by atoms with Crippen molar-refractivity contribution < 1.29 is 0 Å². The number of hydrogen-bond acceptors (Lipinski definition) is 4. The highest BCUT2D eigenvalue weighted by atomic mass is 15.2. The zero-order chi connectivity index (χ0) is 13.5. The minimum absolute atomic E-state index is 0.438. The van der Waals surface area contributed by atoms with E-state index in [2.05, 4.69) is 31.0 Å². The maximum absolute atomic E-state index is 9.14. The van der Waals surface area contributed by atoms with Gasteiger partial charge in [0.15, 0.2) is 0 Å². The number of nitrogens with zero attached hydrogens (tertiary/aromatic N) is 4. The fraction of sp³-hybridized carbons (Fsp3) is 0.500. The molecule has 4 nitrogen and oxygen atoms in total. The van der Waals surface area contributed by atoms with Gasteiger partial charge in [-0.2, -0.15) is 10.5 Å². The maximum atomic E-state index is 9.14. The smallest absolute Gasteiger partial charge is 0.146 e. The third-order valence-electron chi connectivity index (χ3n) is 2.51. The van der Waals surface area contributed by atoms with E-state index in [1.54, 1.807) is 6.07 Å². The van der Waals surface area contributed by atoms with Crippen LogP contribution in [0, 0.1) is 35.5 Å². The van der Waals surface area contributed by atoms with E-state index in [-0.39, 0.29) is 0 Å². The molecule has 0 bridgehead atoms. The van der Waals surface area contributed by atoms with Gasteiger partial charge in [-0.05, 0) is 25.0 Å². The van der Waals surface area contributed by atoms with E-state index in [0.29, 0.717) is 30.3 Å². The Hall–Kier alpha value is -2.07. The third kappa shape index (κ3) is 3.75. The lowest BCUT2D eigenvalue weighted by Gasteiger charge is -2.25. The topological polar surface area (TPSA) is 63.7 Å². The number of rotatable bonds is 5. The predicted molar refractivity (Wildman–Crippen MR) is 71.0 cm³/mol. The summed E-state index contributed by atoms with van der Waals surface area (Å²) in [6.07, 6.45) is 0.438. The van der Waals surface area contributed by atoms with Gasteiger partial charge < -0.3 is 4.90 Å². The molecule has 0 N–H and O–H groups in total. The van der Waals surface area contributed by atoms with E-state index < -0.39 is 0 Å². The predicted octanol–water partition coefficient (Wildman–Crippen LogP) is 2.64. The Morgan fingerprint density at radius 2 is 2.06 bits per heavy atom. The van der Waals surface area contributed by atoms with Crippen LogP contribution in [0.4, 0.5) is 5.82 Å². The van der Waals surface area contributed by atoms with Gasteiger partial charge in [-0.15, -0.1) is 0 Å². The summed E-state index contributed by atoms with van der Waals surface area (Å²) < 4.78 is 0. The number of aromatic nitrogens is 1. The van der Waals surface area contributed by atoms with Crippen molar-refractivity contribution in [1.29, 1.82) is 10.5 Å². The number of aryl methyl sites for hydroxylation is 1. The summed E-state index contributed by atoms with van der Waals surface area (Å²) in [5.41, 5.74) is 1.45. The van der Waals surface area contributed by atoms with Gasteiger partial charge in [0, 0.05) is 18.8 Å². The molecule has 0 saturated heterocycles. The van der Waals surface area contributed by atoms with Crippen molar-refractivity contribution in [1.82, 2.24) is 4.98 Å². The average molecular weight is 242 g/mol. The molecular weight excluding hydrogens is 224 g/mol. The van der Waals surface area contributed by atoms with Crippen LogP contribution in [-0.2, 0) is 0 Å². The number of anilines is 1. The number of hydrogen-bond donors (Lipinski definition) is 0. The van der Waals surface area contributed by atoms with Crippen LogP contribution in [0.5, 0.6) is 0 Å². The molecule has 0 amide bonds. The third-order valence-corrected chi connectivity index (χ3v) is 2.51. The Kier molecular flexibility index (Phi) is 5.14. The van der Waals surface area contributed by atoms with E-state index in [1.807, 2.05) is 17.9 Å². The highest BCUT2D eigenvalue weighted by molar-refractivity contribution is 5.54. The SMILES string of the molecule is Cc1ccc(C#N)c(N(CCC#N)CC(C)C)n1. The summed E-state index contributed by atoms with van der Waals surface area (Å²) in [6, 6.07) is 7.93. The van der Waals surface area contributed by atoms with E-state index in [9.17, 15) is 0 Å². The van der Waals surface area contributed by atoms with Crippen LogP contribution in [0.15, 0.2) is 12.1 Å². The van der Waals surface area contributed by atoms with E-state index >= 15 is 0 Å². The molecule has 0 aliphatic heterocycles. The quantitative estimate of drug-likeness (QED) is 0.796. The minimum atomic E-state index is 0.438. The molecule has 1 aromatic heterocycles. The molecule has 0 fully saturated rings. The summed E-state index contributed by atoms with van der Waals surface area (Å²) in [4.78, 5) is 6.47. The molecule has 1 rings (SSSR count). The zero-order valence-electron chi connectivity index (χ0n) is 11.1. The molecule has 0 saturated carbocycles. The second-order valence-electron chi connectivity index (χ2n) is 4.68. The van der Waals surface area contributed by atoms with Gasteiger partial charge in [-0.25, -0.2) is 4.98 Å². The Bertz CT molecular complexity index is 480. The Balaban J connectivity index is 3.07. The van der Waals surface area contributed by atoms with Gasteiger partial charge in [0.05, 0.1) is 18.1 Å². The Morgan fingerprint density at radius 1 is 1.33 bits per heavy atom. The van der Waals surface area contributed by atoms with Crippen molar-refractivity contribution in [2.45, 2.75) is 27.2 Å². The van der Waals surface area contributed by atoms with Gasteiger partial charge in [0.25, 0.3) is 0 Å². The monoisotopic (exact) mass is 242 g/mol. The van der Waals surface area contributed by atoms with Gasteiger partial charge in [-0.1, -0.05) is 13.8 Å². The van der Waals surface area contributed by atoms with Gasteiger partial charge >= 0.3 is 0 Å². The molecule has 0 aromatic carbocycles. The van der Waals surface area contributed by atoms with Crippen molar-refractivity contribution in [2.75, 3.05) is 18.0 Å². The number of nitriles is 2. The van der Waals surface area contributed by atoms with Crippen LogP contribution in [0.3, 0.4) is 0 Å². The Morgan fingerprint density at radius 3 is 2.61 bits per heavy atom. The molecule has 94 valence electrons. The summed E-state index contributed by atoms with van der Waals surface area (Å²) >= 11 is 0. The number of pyridine rings is 1. The second-order valence-corrected chi connectivity index (χ2v) is 4.68. The van der Waals surface area contributed by atoms with Crippen LogP contribution in [-0.4, -0.2) is 18.1 Å². The Labute approximate surface area is 108 Å². The molecule has 0 radical (unpaired) electrons. The van der Waals surface area contributed by atoms with Crippen LogP contribution in [0.25, 0.3) is 0 Å². The summed E-state index contributed by atoms with van der Waals surface area (Å²) in [5, 5.41) is 17.9. The first-order valence-electron chi connectivity index (χ1n) is 6.08. The van der Waals surface area contributed by atoms with Crippen LogP contribution in [0.2, 0.25) is 0 Å². The lowest BCUT2D eigenvalue weighted by molar-refractivity contribution is 0.607. The van der Waals surface area contributed by atoms with Crippen LogP contribution < -0.4 is 4.90 Å². The highest BCUT2D eigenvalue weighted by Gasteiger charge is 2.14. The van der Waals surface area contributed by atoms with Gasteiger partial charge in [-0.3, -0.25) is 0 Å². The molecule has 18 heavy (non-hydrogen) atoms. The highest BCUT2D eigenvalue weighted by Crippen LogP contribution is 2.19. The molecule has 1 aromatic rings. The molecule has 0 spiro atoms. The van der Waals surface area contributed by atoms with Crippen molar-refractivity contribution in [3.05, 3.63) is 23.4 Å². The molecule has 0 aliphatic rings. The molecule has 1 heterocycles. The second kappa shape index (κ2) is 6.61. The lowest BCUT2D eigenvalue weighted by atomic mass is 10.1. The molecule has 0 aliphatic carbocycles.